The van der Waals surface area contributed by atoms with Crippen LogP contribution in [0.15, 0.2) is 24.3 Å². The van der Waals surface area contributed by atoms with Crippen LogP contribution in [0.4, 0.5) is 0 Å². The molecule has 0 amide bonds. The maximum absolute atomic E-state index is 12.2. The fourth-order valence-electron chi connectivity index (χ4n) is 4.83. The van der Waals surface area contributed by atoms with Crippen LogP contribution in [0.3, 0.4) is 0 Å². The minimum Gasteiger partial charge on any atom is -0.393 e. The third-order valence-electron chi connectivity index (χ3n) is 7.11. The molecule has 130 valence electrons. The van der Waals surface area contributed by atoms with Crippen molar-refractivity contribution in [2.45, 2.75) is 72.0 Å². The summed E-state index contributed by atoms with van der Waals surface area (Å²) < 4.78 is 0. The van der Waals surface area contributed by atoms with Crippen molar-refractivity contribution in [2.24, 2.45) is 22.7 Å². The Kier molecular flexibility index (Phi) is 4.69. The van der Waals surface area contributed by atoms with E-state index in [1.807, 2.05) is 6.92 Å². The zero-order chi connectivity index (χ0) is 17.6. The molecule has 1 unspecified atom stereocenters. The van der Waals surface area contributed by atoms with E-state index in [9.17, 15) is 15.0 Å². The summed E-state index contributed by atoms with van der Waals surface area (Å²) in [4.78, 5) is 12.2. The lowest BCUT2D eigenvalue weighted by Crippen LogP contribution is -2.56. The number of carbonyl (C=O) groups is 1. The fraction of sp³-hybridized carbons (Fsp3) is 0.750. The minimum atomic E-state index is -0.912. The molecule has 0 bridgehead atoms. The van der Waals surface area contributed by atoms with Gasteiger partial charge in [-0.3, -0.25) is 4.79 Å². The predicted molar refractivity (Wildman–Crippen MR) is 92.9 cm³/mol. The zero-order valence-corrected chi connectivity index (χ0v) is 15.2. The van der Waals surface area contributed by atoms with Crippen LogP contribution in [0, 0.1) is 22.7 Å². The summed E-state index contributed by atoms with van der Waals surface area (Å²) >= 11 is 0. The van der Waals surface area contributed by atoms with E-state index in [0.29, 0.717) is 19.3 Å². The van der Waals surface area contributed by atoms with Crippen molar-refractivity contribution < 1.29 is 15.0 Å². The highest BCUT2D eigenvalue weighted by Crippen LogP contribution is 2.61. The Balaban J connectivity index is 2.40. The van der Waals surface area contributed by atoms with Crippen molar-refractivity contribution in [2.75, 3.05) is 0 Å². The van der Waals surface area contributed by atoms with Gasteiger partial charge in [-0.25, -0.2) is 0 Å². The summed E-state index contributed by atoms with van der Waals surface area (Å²) in [5.41, 5.74) is -0.156. The van der Waals surface area contributed by atoms with Crippen LogP contribution in [0.25, 0.3) is 0 Å². The van der Waals surface area contributed by atoms with E-state index >= 15 is 0 Å². The summed E-state index contributed by atoms with van der Waals surface area (Å²) in [6, 6.07) is 0. The van der Waals surface area contributed by atoms with Crippen LogP contribution < -0.4 is 0 Å². The van der Waals surface area contributed by atoms with Gasteiger partial charge in [0.05, 0.1) is 11.7 Å². The van der Waals surface area contributed by atoms with Crippen molar-refractivity contribution in [3.8, 4) is 0 Å². The minimum absolute atomic E-state index is 0.0971. The van der Waals surface area contributed by atoms with Gasteiger partial charge < -0.3 is 10.2 Å². The average Bonchev–Trinajstić information content (AvgIpc) is 2.47. The first-order chi connectivity index (χ1) is 10.5. The number of rotatable bonds is 4. The van der Waals surface area contributed by atoms with Gasteiger partial charge in [-0.2, -0.15) is 0 Å². The Labute approximate surface area is 140 Å². The molecule has 2 aliphatic carbocycles. The number of hydrogen-bond acceptors (Lipinski definition) is 3. The van der Waals surface area contributed by atoms with Gasteiger partial charge in [0.2, 0.25) is 0 Å². The number of carbonyl (C=O) groups excluding carboxylic acids is 1. The summed E-state index contributed by atoms with van der Waals surface area (Å²) in [7, 11) is 0. The van der Waals surface area contributed by atoms with Crippen LogP contribution in [0.5, 0.6) is 0 Å². The Hall–Kier alpha value is -0.930. The van der Waals surface area contributed by atoms with E-state index < -0.39 is 5.60 Å². The predicted octanol–water partition coefficient (Wildman–Crippen LogP) is 3.65. The average molecular weight is 320 g/mol. The fourth-order valence-corrected chi connectivity index (χ4v) is 4.83. The molecular weight excluding hydrogens is 288 g/mol. The Morgan fingerprint density at radius 1 is 1.48 bits per heavy atom. The molecule has 0 radical (unpaired) electrons. The molecule has 3 nitrogen and oxygen atoms in total. The summed E-state index contributed by atoms with van der Waals surface area (Å²) in [6.07, 6.45) is 5.57. The second kappa shape index (κ2) is 5.86. The zero-order valence-electron chi connectivity index (χ0n) is 15.2. The molecule has 2 N–H and O–H groups in total. The lowest BCUT2D eigenvalue weighted by atomic mass is 9.46. The number of ketones is 1. The monoisotopic (exact) mass is 320 g/mol. The number of fused-ring (bicyclic) bond motifs is 1. The molecule has 0 aromatic heterocycles. The molecule has 0 heterocycles. The highest BCUT2D eigenvalue weighted by Gasteiger charge is 2.57. The Bertz CT molecular complexity index is 533. The second-order valence-corrected chi connectivity index (χ2v) is 8.60. The van der Waals surface area contributed by atoms with Crippen molar-refractivity contribution in [3.05, 3.63) is 24.3 Å². The van der Waals surface area contributed by atoms with E-state index in [0.717, 1.165) is 12.0 Å². The molecule has 1 fully saturated rings. The summed E-state index contributed by atoms with van der Waals surface area (Å²) in [5, 5.41) is 21.0. The molecule has 2 rings (SSSR count). The molecule has 3 heteroatoms. The van der Waals surface area contributed by atoms with Gasteiger partial charge in [-0.05, 0) is 61.9 Å². The van der Waals surface area contributed by atoms with Gasteiger partial charge in [-0.15, -0.1) is 6.58 Å². The van der Waals surface area contributed by atoms with Crippen LogP contribution >= 0.6 is 0 Å². The quantitative estimate of drug-likeness (QED) is 0.777. The molecule has 0 aliphatic heterocycles. The lowest BCUT2D eigenvalue weighted by Gasteiger charge is -2.59. The van der Waals surface area contributed by atoms with Crippen LogP contribution in [0.2, 0.25) is 0 Å². The van der Waals surface area contributed by atoms with Gasteiger partial charge in [0.25, 0.3) is 0 Å². The van der Waals surface area contributed by atoms with E-state index in [1.165, 1.54) is 0 Å². The van der Waals surface area contributed by atoms with Crippen LogP contribution in [-0.2, 0) is 4.79 Å². The number of aliphatic hydroxyl groups excluding tert-OH is 1. The first kappa shape index (κ1) is 18.4. The van der Waals surface area contributed by atoms with Gasteiger partial charge in [-0.1, -0.05) is 32.4 Å². The van der Waals surface area contributed by atoms with Crippen molar-refractivity contribution in [3.63, 3.8) is 0 Å². The topological polar surface area (TPSA) is 57.5 Å². The maximum Gasteiger partial charge on any atom is 0.155 e. The standard InChI is InChI=1S/C20H32O3/c1-7-18(4,23)8-9-19(5)14(3)16(22)12-20(6)13(2)10-15(21)11-17(19)20/h7,10,14,16-17,22-23H,1,8-9,11-12H2,2-6H3/t14-,16+,17+,18?,19+,20-/m0/s1. The van der Waals surface area contributed by atoms with Crippen molar-refractivity contribution in [1.82, 2.24) is 0 Å². The molecule has 0 saturated heterocycles. The first-order valence-corrected chi connectivity index (χ1v) is 8.72. The first-order valence-electron chi connectivity index (χ1n) is 8.72. The van der Waals surface area contributed by atoms with Crippen molar-refractivity contribution >= 4 is 5.78 Å². The third-order valence-corrected chi connectivity index (χ3v) is 7.11. The smallest absolute Gasteiger partial charge is 0.155 e. The molecule has 2 aliphatic rings. The van der Waals surface area contributed by atoms with Gasteiger partial charge in [0.1, 0.15) is 0 Å². The Morgan fingerprint density at radius 2 is 2.09 bits per heavy atom. The molecule has 6 atom stereocenters. The second-order valence-electron chi connectivity index (χ2n) is 8.60. The summed E-state index contributed by atoms with van der Waals surface area (Å²) in [5.74, 6) is 0.488. The van der Waals surface area contributed by atoms with E-state index in [4.69, 9.17) is 0 Å². The van der Waals surface area contributed by atoms with Gasteiger partial charge >= 0.3 is 0 Å². The van der Waals surface area contributed by atoms with Crippen molar-refractivity contribution in [1.29, 1.82) is 0 Å². The van der Waals surface area contributed by atoms with Gasteiger partial charge in [0, 0.05) is 6.42 Å². The van der Waals surface area contributed by atoms with Crippen LogP contribution in [0.1, 0.15) is 60.3 Å². The largest absolute Gasteiger partial charge is 0.393 e. The summed E-state index contributed by atoms with van der Waals surface area (Å²) in [6.45, 7) is 14.0. The molecule has 1 saturated carbocycles. The lowest BCUT2D eigenvalue weighted by molar-refractivity contribution is -0.138. The Morgan fingerprint density at radius 3 is 2.65 bits per heavy atom. The van der Waals surface area contributed by atoms with E-state index in [1.54, 1.807) is 19.1 Å². The molecular formula is C20H32O3. The maximum atomic E-state index is 12.2. The highest BCUT2D eigenvalue weighted by atomic mass is 16.3. The number of hydrogen-bond donors (Lipinski definition) is 2. The number of allylic oxidation sites excluding steroid dienone is 2. The molecule has 0 aromatic carbocycles. The SMILES string of the molecule is C=CC(C)(O)CC[C@@]1(C)[C@H]2CC(=O)C=C(C)[C@]2(C)C[C@@H](O)[C@@H]1C. The van der Waals surface area contributed by atoms with Gasteiger partial charge in [0.15, 0.2) is 5.78 Å². The van der Waals surface area contributed by atoms with Crippen LogP contribution in [-0.4, -0.2) is 27.7 Å². The molecule has 0 aromatic rings. The van der Waals surface area contributed by atoms with E-state index in [2.05, 4.69) is 27.4 Å². The normalized spacial score (nSPS) is 43.3. The molecule has 23 heavy (non-hydrogen) atoms. The number of aliphatic hydroxyl groups is 2. The highest BCUT2D eigenvalue weighted by molar-refractivity contribution is 5.92. The molecule has 0 spiro atoms. The third kappa shape index (κ3) is 3.06. The van der Waals surface area contributed by atoms with E-state index in [-0.39, 0.29) is 34.6 Å².